The summed E-state index contributed by atoms with van der Waals surface area (Å²) in [7, 11) is 0. The van der Waals surface area contributed by atoms with Gasteiger partial charge in [0.2, 0.25) is 0 Å². The summed E-state index contributed by atoms with van der Waals surface area (Å²) in [5.41, 5.74) is -1.53. The van der Waals surface area contributed by atoms with Gasteiger partial charge < -0.3 is 10.4 Å². The monoisotopic (exact) mass is 247 g/mol. The van der Waals surface area contributed by atoms with Crippen molar-refractivity contribution >= 4 is 17.3 Å². The van der Waals surface area contributed by atoms with E-state index in [1.54, 1.807) is 6.07 Å². The number of nitrogens with zero attached hydrogens (tertiary/aromatic N) is 2. The smallest absolute Gasteiger partial charge is 0.329 e. The second-order valence-corrected chi connectivity index (χ2v) is 4.08. The maximum atomic E-state index is 11.0. The zero-order chi connectivity index (χ0) is 13.3. The quantitative estimate of drug-likeness (QED) is 0.615. The van der Waals surface area contributed by atoms with Crippen LogP contribution in [0.3, 0.4) is 0 Å². The van der Waals surface area contributed by atoms with E-state index >= 15 is 0 Å². The third-order valence-corrected chi connectivity index (χ3v) is 2.87. The number of nitro benzene ring substituents is 1. The molecule has 0 atom stereocenters. The summed E-state index contributed by atoms with van der Waals surface area (Å²) in [4.78, 5) is 21.3. The zero-order valence-corrected chi connectivity index (χ0v) is 9.21. The normalized spacial score (nSPS) is 15.5. The van der Waals surface area contributed by atoms with E-state index in [4.69, 9.17) is 10.4 Å². The van der Waals surface area contributed by atoms with Crippen LogP contribution in [0.2, 0.25) is 0 Å². The van der Waals surface area contributed by atoms with Gasteiger partial charge in [-0.05, 0) is 25.0 Å². The molecule has 1 aromatic carbocycles. The molecule has 1 saturated carbocycles. The Labute approximate surface area is 102 Å². The number of carboxylic acids is 1. The molecular formula is C11H9N3O4. The fourth-order valence-electron chi connectivity index (χ4n) is 1.71. The summed E-state index contributed by atoms with van der Waals surface area (Å²) in [6.45, 7) is 0. The minimum atomic E-state index is -1.13. The molecule has 7 heteroatoms. The highest BCUT2D eigenvalue weighted by Gasteiger charge is 2.51. The first-order chi connectivity index (χ1) is 8.50. The molecule has 1 aliphatic rings. The molecule has 0 radical (unpaired) electrons. The van der Waals surface area contributed by atoms with E-state index in [-0.39, 0.29) is 16.9 Å². The number of hydrogen-bond acceptors (Lipinski definition) is 5. The number of nitro groups is 1. The number of aliphatic carboxylic acids is 1. The van der Waals surface area contributed by atoms with Crippen molar-refractivity contribution in [1.29, 1.82) is 5.26 Å². The summed E-state index contributed by atoms with van der Waals surface area (Å²) in [5, 5.41) is 31.4. The van der Waals surface area contributed by atoms with E-state index in [1.807, 2.05) is 0 Å². The summed E-state index contributed by atoms with van der Waals surface area (Å²) < 4.78 is 0. The van der Waals surface area contributed by atoms with Gasteiger partial charge in [0.25, 0.3) is 0 Å². The van der Waals surface area contributed by atoms with Crippen molar-refractivity contribution in [3.63, 3.8) is 0 Å². The minimum absolute atomic E-state index is 0.0685. The van der Waals surface area contributed by atoms with Gasteiger partial charge in [-0.1, -0.05) is 6.07 Å². The average molecular weight is 247 g/mol. The molecule has 1 aromatic rings. The molecule has 92 valence electrons. The van der Waals surface area contributed by atoms with Crippen LogP contribution in [0.25, 0.3) is 0 Å². The molecular weight excluding hydrogens is 238 g/mol. The molecule has 0 amide bonds. The van der Waals surface area contributed by atoms with Crippen LogP contribution in [-0.4, -0.2) is 21.5 Å². The van der Waals surface area contributed by atoms with E-state index in [2.05, 4.69) is 5.32 Å². The topological polar surface area (TPSA) is 116 Å². The Balaban J connectivity index is 2.43. The lowest BCUT2D eigenvalue weighted by Gasteiger charge is -2.14. The van der Waals surface area contributed by atoms with E-state index in [0.29, 0.717) is 12.8 Å². The fraction of sp³-hybridized carbons (Fsp3) is 0.273. The molecule has 0 unspecified atom stereocenters. The van der Waals surface area contributed by atoms with Crippen molar-refractivity contribution in [3.8, 4) is 6.07 Å². The zero-order valence-electron chi connectivity index (χ0n) is 9.21. The number of para-hydroxylation sites is 1. The Morgan fingerprint density at radius 2 is 2.22 bits per heavy atom. The molecule has 1 aliphatic carbocycles. The molecule has 0 aliphatic heterocycles. The van der Waals surface area contributed by atoms with Crippen LogP contribution in [-0.2, 0) is 4.79 Å². The lowest BCUT2D eigenvalue weighted by Crippen LogP contribution is -2.31. The number of benzene rings is 1. The molecule has 1 fully saturated rings. The highest BCUT2D eigenvalue weighted by Crippen LogP contribution is 2.41. The summed E-state index contributed by atoms with van der Waals surface area (Å²) in [6, 6.07) is 5.93. The first-order valence-electron chi connectivity index (χ1n) is 5.19. The lowest BCUT2D eigenvalue weighted by molar-refractivity contribution is -0.384. The molecule has 0 spiro atoms. The van der Waals surface area contributed by atoms with Crippen molar-refractivity contribution in [2.45, 2.75) is 18.4 Å². The lowest BCUT2D eigenvalue weighted by atomic mass is 10.1. The molecule has 18 heavy (non-hydrogen) atoms. The fourth-order valence-corrected chi connectivity index (χ4v) is 1.71. The highest BCUT2D eigenvalue weighted by molar-refractivity contribution is 5.87. The number of rotatable bonds is 4. The molecule has 0 saturated heterocycles. The van der Waals surface area contributed by atoms with Gasteiger partial charge in [-0.25, -0.2) is 4.79 Å². The Hall–Kier alpha value is -2.62. The maximum absolute atomic E-state index is 11.0. The number of nitriles is 1. The predicted molar refractivity (Wildman–Crippen MR) is 61.0 cm³/mol. The van der Waals surface area contributed by atoms with Gasteiger partial charge in [-0.3, -0.25) is 10.1 Å². The van der Waals surface area contributed by atoms with Crippen LogP contribution in [0.4, 0.5) is 11.4 Å². The van der Waals surface area contributed by atoms with Crippen LogP contribution >= 0.6 is 0 Å². The number of carboxylic acid groups (broad SMARTS) is 1. The third-order valence-electron chi connectivity index (χ3n) is 2.87. The molecule has 7 nitrogen and oxygen atoms in total. The summed E-state index contributed by atoms with van der Waals surface area (Å²) in [5.74, 6) is -1.04. The third kappa shape index (κ3) is 1.84. The number of nitrogens with one attached hydrogen (secondary N) is 1. The largest absolute Gasteiger partial charge is 0.480 e. The summed E-state index contributed by atoms with van der Waals surface area (Å²) in [6.07, 6.45) is 0.826. The van der Waals surface area contributed by atoms with Gasteiger partial charge in [-0.15, -0.1) is 0 Å². The highest BCUT2D eigenvalue weighted by atomic mass is 16.6. The van der Waals surface area contributed by atoms with E-state index < -0.39 is 16.4 Å². The van der Waals surface area contributed by atoms with E-state index in [0.717, 1.165) is 0 Å². The minimum Gasteiger partial charge on any atom is -0.480 e. The maximum Gasteiger partial charge on any atom is 0.329 e. The van der Waals surface area contributed by atoms with Crippen LogP contribution in [0.1, 0.15) is 18.4 Å². The molecule has 2 N–H and O–H groups in total. The van der Waals surface area contributed by atoms with Crippen LogP contribution in [0.5, 0.6) is 0 Å². The molecule has 0 heterocycles. The Morgan fingerprint density at radius 1 is 1.56 bits per heavy atom. The van der Waals surface area contributed by atoms with E-state index in [1.165, 1.54) is 18.2 Å². The molecule has 0 bridgehead atoms. The van der Waals surface area contributed by atoms with Gasteiger partial charge in [0.15, 0.2) is 0 Å². The predicted octanol–water partition coefficient (Wildman–Crippen LogP) is 1.50. The van der Waals surface area contributed by atoms with Gasteiger partial charge in [0.1, 0.15) is 22.9 Å². The average Bonchev–Trinajstić information content (AvgIpc) is 3.09. The first-order valence-corrected chi connectivity index (χ1v) is 5.19. The van der Waals surface area contributed by atoms with Crippen molar-refractivity contribution < 1.29 is 14.8 Å². The van der Waals surface area contributed by atoms with Gasteiger partial charge in [-0.2, -0.15) is 5.26 Å². The SMILES string of the molecule is N#Cc1cccc(NC2(C(=O)O)CC2)c1[N+](=O)[O-]. The van der Waals surface area contributed by atoms with Gasteiger partial charge in [0.05, 0.1) is 4.92 Å². The Morgan fingerprint density at radius 3 is 2.67 bits per heavy atom. The number of anilines is 1. The first kappa shape index (κ1) is 11.9. The summed E-state index contributed by atoms with van der Waals surface area (Å²) >= 11 is 0. The van der Waals surface area contributed by atoms with Crippen molar-refractivity contribution in [2.75, 3.05) is 5.32 Å². The van der Waals surface area contributed by atoms with Gasteiger partial charge >= 0.3 is 11.7 Å². The van der Waals surface area contributed by atoms with Crippen molar-refractivity contribution in [3.05, 3.63) is 33.9 Å². The standard InChI is InChI=1S/C11H9N3O4/c12-6-7-2-1-3-8(9(7)14(17)18)13-11(4-5-11)10(15)16/h1-3,13H,4-5H2,(H,15,16). The van der Waals surface area contributed by atoms with Crippen molar-refractivity contribution in [1.82, 2.24) is 0 Å². The molecule has 2 rings (SSSR count). The Kier molecular flexibility index (Phi) is 2.63. The van der Waals surface area contributed by atoms with E-state index in [9.17, 15) is 14.9 Å². The van der Waals surface area contributed by atoms with Crippen LogP contribution in [0.15, 0.2) is 18.2 Å². The van der Waals surface area contributed by atoms with Crippen LogP contribution < -0.4 is 5.32 Å². The van der Waals surface area contributed by atoms with Crippen LogP contribution in [0, 0.1) is 21.4 Å². The second kappa shape index (κ2) is 4.00. The van der Waals surface area contributed by atoms with Crippen molar-refractivity contribution in [2.24, 2.45) is 0 Å². The second-order valence-electron chi connectivity index (χ2n) is 4.08. The number of carbonyl (C=O) groups is 1. The molecule has 0 aromatic heterocycles. The van der Waals surface area contributed by atoms with Gasteiger partial charge in [0, 0.05) is 0 Å². The number of hydrogen-bond donors (Lipinski definition) is 2. The Bertz CT molecular complexity index is 572.